The van der Waals surface area contributed by atoms with E-state index in [1.165, 1.54) is 18.4 Å². The van der Waals surface area contributed by atoms with E-state index in [-0.39, 0.29) is 0 Å². The summed E-state index contributed by atoms with van der Waals surface area (Å²) in [5.41, 5.74) is 2.28. The van der Waals surface area contributed by atoms with Gasteiger partial charge in [0.2, 0.25) is 0 Å². The van der Waals surface area contributed by atoms with Gasteiger partial charge >= 0.3 is 0 Å². The third kappa shape index (κ3) is 2.08. The van der Waals surface area contributed by atoms with E-state index in [0.29, 0.717) is 6.04 Å². The maximum Gasteiger partial charge on any atom is 0.158 e. The summed E-state index contributed by atoms with van der Waals surface area (Å²) < 4.78 is 1.93. The highest BCUT2D eigenvalue weighted by Crippen LogP contribution is 2.22. The van der Waals surface area contributed by atoms with Crippen molar-refractivity contribution < 1.29 is 0 Å². The third-order valence-electron chi connectivity index (χ3n) is 3.70. The first kappa shape index (κ1) is 11.6. The first-order valence-electron chi connectivity index (χ1n) is 7.02. The van der Waals surface area contributed by atoms with Crippen molar-refractivity contribution in [2.45, 2.75) is 25.4 Å². The van der Waals surface area contributed by atoms with Crippen LogP contribution in [0.25, 0.3) is 16.7 Å². The monoisotopic (exact) mass is 264 g/mol. The van der Waals surface area contributed by atoms with Gasteiger partial charge in [-0.05, 0) is 25.0 Å². The number of benzene rings is 1. The molecule has 0 bridgehead atoms. The van der Waals surface area contributed by atoms with Crippen LogP contribution in [0.1, 0.15) is 18.4 Å². The van der Waals surface area contributed by atoms with Gasteiger partial charge in [-0.1, -0.05) is 24.3 Å². The Labute approximate surface area is 117 Å². The van der Waals surface area contributed by atoms with E-state index in [4.69, 9.17) is 0 Å². The summed E-state index contributed by atoms with van der Waals surface area (Å²) in [4.78, 5) is 4.53. The number of fused-ring (bicyclic) bond motifs is 1. The number of hydrogen-bond acceptors (Lipinski definition) is 3. The summed E-state index contributed by atoms with van der Waals surface area (Å²) in [7, 11) is 0. The summed E-state index contributed by atoms with van der Waals surface area (Å²) in [5, 5.41) is 9.18. The molecule has 0 amide bonds. The first-order valence-corrected chi connectivity index (χ1v) is 7.02. The molecule has 0 saturated heterocycles. The Kier molecular flexibility index (Phi) is 2.74. The van der Waals surface area contributed by atoms with Crippen molar-refractivity contribution in [3.05, 3.63) is 54.4 Å². The zero-order chi connectivity index (χ0) is 13.4. The normalized spacial score (nSPS) is 14.8. The predicted molar refractivity (Wildman–Crippen MR) is 78.7 cm³/mol. The van der Waals surface area contributed by atoms with Crippen LogP contribution in [0.4, 0.5) is 0 Å². The molecule has 4 rings (SSSR count). The van der Waals surface area contributed by atoms with Gasteiger partial charge in [0.25, 0.3) is 0 Å². The Bertz CT molecular complexity index is 743. The summed E-state index contributed by atoms with van der Waals surface area (Å²) in [5.74, 6) is 0.918. The molecule has 1 saturated carbocycles. The average Bonchev–Trinajstić information content (AvgIpc) is 3.23. The lowest BCUT2D eigenvalue weighted by molar-refractivity contribution is 0.678. The fourth-order valence-corrected chi connectivity index (χ4v) is 2.44. The van der Waals surface area contributed by atoms with Crippen LogP contribution < -0.4 is 5.32 Å². The fourth-order valence-electron chi connectivity index (χ4n) is 2.44. The number of hydrogen-bond donors (Lipinski definition) is 1. The second-order valence-electron chi connectivity index (χ2n) is 5.26. The van der Waals surface area contributed by atoms with Crippen molar-refractivity contribution in [1.29, 1.82) is 0 Å². The highest BCUT2D eigenvalue weighted by atomic mass is 15.3. The highest BCUT2D eigenvalue weighted by Gasteiger charge is 2.21. The van der Waals surface area contributed by atoms with Crippen LogP contribution in [0.5, 0.6) is 0 Å². The quantitative estimate of drug-likeness (QED) is 0.788. The Morgan fingerprint density at radius 3 is 2.95 bits per heavy atom. The molecule has 2 heterocycles. The molecular formula is C16H16N4. The van der Waals surface area contributed by atoms with E-state index in [9.17, 15) is 0 Å². The zero-order valence-corrected chi connectivity index (χ0v) is 11.2. The van der Waals surface area contributed by atoms with E-state index in [1.807, 2.05) is 35.3 Å². The second kappa shape index (κ2) is 4.72. The predicted octanol–water partition coefficient (Wildman–Crippen LogP) is 2.67. The van der Waals surface area contributed by atoms with E-state index in [1.54, 1.807) is 0 Å². The van der Waals surface area contributed by atoms with Crippen molar-refractivity contribution in [2.75, 3.05) is 0 Å². The van der Waals surface area contributed by atoms with Gasteiger partial charge in [0.05, 0.1) is 11.7 Å². The fraction of sp³-hybridized carbons (Fsp3) is 0.250. The number of rotatable bonds is 4. The molecule has 0 spiro atoms. The molecule has 1 N–H and O–H groups in total. The molecular weight excluding hydrogens is 248 g/mol. The number of pyridine rings is 1. The summed E-state index contributed by atoms with van der Waals surface area (Å²) in [6.07, 6.45) is 6.30. The standard InChI is InChI=1S/C16H16N4/c1-2-6-15-12(4-1)11-19-20(15)16-13(5-3-9-17-16)10-18-14-7-8-14/h1-6,9,11,14,18H,7-8,10H2. The molecule has 0 radical (unpaired) electrons. The van der Waals surface area contributed by atoms with Gasteiger partial charge in [-0.3, -0.25) is 0 Å². The van der Waals surface area contributed by atoms with Crippen LogP contribution in [0, 0.1) is 0 Å². The minimum absolute atomic E-state index is 0.692. The Morgan fingerprint density at radius 1 is 1.15 bits per heavy atom. The second-order valence-corrected chi connectivity index (χ2v) is 5.26. The minimum Gasteiger partial charge on any atom is -0.310 e. The van der Waals surface area contributed by atoms with Gasteiger partial charge in [0.15, 0.2) is 5.82 Å². The van der Waals surface area contributed by atoms with Crippen molar-refractivity contribution in [1.82, 2.24) is 20.1 Å². The molecule has 3 aromatic rings. The van der Waals surface area contributed by atoms with Gasteiger partial charge in [-0.15, -0.1) is 0 Å². The first-order chi connectivity index (χ1) is 9.92. The Morgan fingerprint density at radius 2 is 2.05 bits per heavy atom. The molecule has 1 aliphatic rings. The molecule has 0 atom stereocenters. The van der Waals surface area contributed by atoms with Gasteiger partial charge in [0, 0.05) is 29.7 Å². The van der Waals surface area contributed by atoms with Gasteiger partial charge < -0.3 is 5.32 Å². The Balaban J connectivity index is 1.76. The lowest BCUT2D eigenvalue weighted by Crippen LogP contribution is -2.17. The number of nitrogens with one attached hydrogen (secondary N) is 1. The molecule has 0 unspecified atom stereocenters. The van der Waals surface area contributed by atoms with Gasteiger partial charge in [-0.25, -0.2) is 9.67 Å². The zero-order valence-electron chi connectivity index (χ0n) is 11.2. The molecule has 0 aliphatic heterocycles. The Hall–Kier alpha value is -2.20. The van der Waals surface area contributed by atoms with Crippen LogP contribution >= 0.6 is 0 Å². The van der Waals surface area contributed by atoms with Gasteiger partial charge in [0.1, 0.15) is 0 Å². The van der Waals surface area contributed by atoms with E-state index in [2.05, 4.69) is 33.6 Å². The topological polar surface area (TPSA) is 42.7 Å². The lowest BCUT2D eigenvalue weighted by Gasteiger charge is -2.10. The molecule has 1 fully saturated rings. The van der Waals surface area contributed by atoms with E-state index >= 15 is 0 Å². The third-order valence-corrected chi connectivity index (χ3v) is 3.70. The largest absolute Gasteiger partial charge is 0.310 e. The van der Waals surface area contributed by atoms with E-state index in [0.717, 1.165) is 23.3 Å². The SMILES string of the molecule is c1cnc(-n2ncc3ccccc32)c(CNC2CC2)c1. The van der Waals surface area contributed by atoms with Crippen molar-refractivity contribution in [2.24, 2.45) is 0 Å². The molecule has 100 valence electrons. The summed E-state index contributed by atoms with van der Waals surface area (Å²) in [6, 6.07) is 13.0. The molecule has 4 nitrogen and oxygen atoms in total. The molecule has 4 heteroatoms. The molecule has 1 aliphatic carbocycles. The summed E-state index contributed by atoms with van der Waals surface area (Å²) >= 11 is 0. The molecule has 1 aromatic carbocycles. The van der Waals surface area contributed by atoms with E-state index < -0.39 is 0 Å². The van der Waals surface area contributed by atoms with Crippen molar-refractivity contribution in [3.8, 4) is 5.82 Å². The highest BCUT2D eigenvalue weighted by molar-refractivity contribution is 5.79. The number of aromatic nitrogens is 3. The van der Waals surface area contributed by atoms with Crippen LogP contribution in [-0.2, 0) is 6.54 Å². The number of para-hydroxylation sites is 1. The maximum atomic E-state index is 4.53. The van der Waals surface area contributed by atoms with Crippen molar-refractivity contribution >= 4 is 10.9 Å². The average molecular weight is 264 g/mol. The number of nitrogens with zero attached hydrogens (tertiary/aromatic N) is 3. The van der Waals surface area contributed by atoms with Crippen molar-refractivity contribution in [3.63, 3.8) is 0 Å². The van der Waals surface area contributed by atoms with Crippen LogP contribution in [0.3, 0.4) is 0 Å². The minimum atomic E-state index is 0.692. The maximum absolute atomic E-state index is 4.53. The lowest BCUT2D eigenvalue weighted by atomic mass is 10.2. The molecule has 2 aromatic heterocycles. The van der Waals surface area contributed by atoms with Crippen LogP contribution in [-0.4, -0.2) is 20.8 Å². The summed E-state index contributed by atoms with van der Waals surface area (Å²) in [6.45, 7) is 0.849. The van der Waals surface area contributed by atoms with Crippen LogP contribution in [0.2, 0.25) is 0 Å². The van der Waals surface area contributed by atoms with Crippen LogP contribution in [0.15, 0.2) is 48.8 Å². The smallest absolute Gasteiger partial charge is 0.158 e. The van der Waals surface area contributed by atoms with Gasteiger partial charge in [-0.2, -0.15) is 5.10 Å². The molecule has 20 heavy (non-hydrogen) atoms.